The van der Waals surface area contributed by atoms with Gasteiger partial charge in [0, 0.05) is 55.7 Å². The van der Waals surface area contributed by atoms with Gasteiger partial charge >= 0.3 is 12.4 Å². The molecule has 0 radical (unpaired) electrons. The van der Waals surface area contributed by atoms with Crippen LogP contribution in [-0.4, -0.2) is 119 Å². The van der Waals surface area contributed by atoms with Gasteiger partial charge in [-0.15, -0.1) is 12.6 Å². The molecule has 0 bridgehead atoms. The summed E-state index contributed by atoms with van der Waals surface area (Å²) in [7, 11) is 0. The number of amides is 4. The van der Waals surface area contributed by atoms with E-state index in [0.29, 0.717) is 43.5 Å². The van der Waals surface area contributed by atoms with Gasteiger partial charge in [0.05, 0.1) is 42.0 Å². The van der Waals surface area contributed by atoms with E-state index in [1.165, 1.54) is 11.0 Å². The number of imide groups is 1. The molecule has 4 fully saturated rings. The van der Waals surface area contributed by atoms with Crippen LogP contribution < -0.4 is 20.9 Å². The second-order valence-corrected chi connectivity index (χ2v) is 16.2. The minimum Gasteiger partial charge on any atom is -0.377 e. The van der Waals surface area contributed by atoms with Crippen molar-refractivity contribution in [3.63, 3.8) is 0 Å². The van der Waals surface area contributed by atoms with Crippen LogP contribution >= 0.6 is 12.6 Å². The van der Waals surface area contributed by atoms with Crippen molar-refractivity contribution in [3.8, 4) is 6.07 Å². The van der Waals surface area contributed by atoms with Gasteiger partial charge in [0.2, 0.25) is 23.6 Å². The highest BCUT2D eigenvalue weighted by molar-refractivity contribution is 7.81. The summed E-state index contributed by atoms with van der Waals surface area (Å²) in [6.07, 6.45) is -6.76. The molecular weight excluding hydrogens is 807 g/mol. The maximum Gasteiger partial charge on any atom is 0.417 e. The molecule has 1 aliphatic carbocycles. The van der Waals surface area contributed by atoms with Gasteiger partial charge in [-0.25, -0.2) is 0 Å². The summed E-state index contributed by atoms with van der Waals surface area (Å²) in [6, 6.07) is 8.43. The lowest BCUT2D eigenvalue weighted by Gasteiger charge is -2.42. The molecule has 13 nitrogen and oxygen atoms in total. The Labute approximate surface area is 342 Å². The Morgan fingerprint density at radius 1 is 1.00 bits per heavy atom. The lowest BCUT2D eigenvalue weighted by Crippen LogP contribution is -2.60. The first-order chi connectivity index (χ1) is 27.8. The first-order valence-corrected chi connectivity index (χ1v) is 19.8. The average molecular weight is 853 g/mol. The largest absolute Gasteiger partial charge is 0.417 e. The van der Waals surface area contributed by atoms with Crippen molar-refractivity contribution in [1.29, 1.82) is 5.26 Å². The van der Waals surface area contributed by atoms with E-state index in [4.69, 9.17) is 17.4 Å². The fourth-order valence-electron chi connectivity index (χ4n) is 8.36. The summed E-state index contributed by atoms with van der Waals surface area (Å²) < 4.78 is 90.2. The van der Waals surface area contributed by atoms with Crippen LogP contribution in [0.15, 0.2) is 42.5 Å². The number of benzene rings is 2. The third-order valence-electron chi connectivity index (χ3n) is 11.4. The zero-order valence-corrected chi connectivity index (χ0v) is 33.3. The van der Waals surface area contributed by atoms with E-state index in [1.807, 2.05) is 4.90 Å². The number of hydrogen-bond acceptors (Lipinski definition) is 11. The van der Waals surface area contributed by atoms with Crippen LogP contribution in [0.25, 0.3) is 0 Å². The van der Waals surface area contributed by atoms with E-state index in [-0.39, 0.29) is 62.9 Å². The molecule has 1 saturated carbocycles. The first kappa shape index (κ1) is 44.1. The molecule has 6 rings (SSSR count). The maximum absolute atomic E-state index is 14.3. The number of nitrogens with zero attached hydrogens (tertiary/aromatic N) is 5. The molecule has 4 aliphatic rings. The van der Waals surface area contributed by atoms with Crippen LogP contribution in [-0.2, 0) is 30.1 Å². The molecule has 3 heterocycles. The van der Waals surface area contributed by atoms with Crippen molar-refractivity contribution in [1.82, 2.24) is 20.0 Å². The summed E-state index contributed by atoms with van der Waals surface area (Å²) in [4.78, 5) is 56.0. The summed E-state index contributed by atoms with van der Waals surface area (Å²) in [6.45, 7) is 3.25. The number of hydrogen-bond donors (Lipinski definition) is 4. The summed E-state index contributed by atoms with van der Waals surface area (Å²) in [5.74, 6) is -1.89. The zero-order valence-electron chi connectivity index (χ0n) is 32.4. The number of rotatable bonds is 11. The van der Waals surface area contributed by atoms with Gasteiger partial charge in [-0.2, -0.15) is 31.6 Å². The number of piperazine rings is 1. The van der Waals surface area contributed by atoms with Gasteiger partial charge in [-0.3, -0.25) is 44.1 Å². The molecule has 2 aromatic rings. The van der Waals surface area contributed by atoms with Crippen molar-refractivity contribution in [2.45, 2.75) is 100.0 Å². The Morgan fingerprint density at radius 2 is 1.71 bits per heavy atom. The number of thiol groups is 1. The molecular formula is C39H46F6N8O5S. The second kappa shape index (κ2) is 17.7. The van der Waals surface area contributed by atoms with Gasteiger partial charge in [0.1, 0.15) is 17.6 Å². The number of carbonyl (C=O) groups is 4. The smallest absolute Gasteiger partial charge is 0.377 e. The van der Waals surface area contributed by atoms with E-state index in [2.05, 4.69) is 16.0 Å². The molecule has 1 unspecified atom stereocenters. The lowest BCUT2D eigenvalue weighted by molar-refractivity contribution is -0.197. The number of carbonyl (C=O) groups excluding carboxylic acids is 4. The predicted octanol–water partition coefficient (Wildman–Crippen LogP) is 4.95. The van der Waals surface area contributed by atoms with E-state index >= 15 is 0 Å². The molecule has 3 aliphatic heterocycles. The molecule has 20 heteroatoms. The van der Waals surface area contributed by atoms with E-state index in [9.17, 15) is 50.8 Å². The molecule has 320 valence electrons. The topological polar surface area (TPSA) is 150 Å². The van der Waals surface area contributed by atoms with Crippen molar-refractivity contribution < 1.29 is 50.3 Å². The van der Waals surface area contributed by atoms with Crippen molar-refractivity contribution in [2.24, 2.45) is 0 Å². The monoisotopic (exact) mass is 852 g/mol. The first-order valence-electron chi connectivity index (χ1n) is 19.3. The minimum absolute atomic E-state index is 0.00789. The lowest BCUT2D eigenvalue weighted by atomic mass is 9.89. The van der Waals surface area contributed by atoms with Crippen LogP contribution in [0.1, 0.15) is 63.5 Å². The standard InChI is InChI=1S/C39H46F6N8O5S/c1-37(2)35(57)52(27-7-6-23(20-46)29(19-27)38(40,41)42)36(59)53(37)26-8-10-28(11-9-26)58-17-16-50-14-15-51(31(21-50)39(43,44)45)22-33(55)48-25-5-3-4-24(18-25)47-30-12-13-32(54)49-34(30)56/h3-7,18-19,26,28,30-31,36,47,59H,8-17,21-22H2,1-2H3,(H,48,55)(H,49,54,56)/t26?,28?,30?,31-,36+/m1/s1. The number of nitrogens with one attached hydrogen (secondary N) is 3. The molecule has 4 amide bonds. The molecule has 3 atom stereocenters. The maximum atomic E-state index is 14.3. The number of halogens is 6. The average Bonchev–Trinajstić information content (AvgIpc) is 3.34. The highest BCUT2D eigenvalue weighted by Crippen LogP contribution is 2.43. The van der Waals surface area contributed by atoms with Crippen LogP contribution in [0.3, 0.4) is 0 Å². The minimum atomic E-state index is -4.80. The molecule has 3 saturated heterocycles. The fourth-order valence-corrected chi connectivity index (χ4v) is 9.07. The SMILES string of the molecule is CC1(C)C(=O)N(c2ccc(C#N)c(C(F)(F)F)c2)[C@H](S)N1C1CCC(OCCN2CCN(CC(=O)Nc3cccc(NC4CCC(=O)NC4=O)c3)[C@@H](C(F)(F)F)C2)CC1. The van der Waals surface area contributed by atoms with Gasteiger partial charge in [0.15, 0.2) is 0 Å². The molecule has 3 N–H and O–H groups in total. The highest BCUT2D eigenvalue weighted by atomic mass is 32.1. The highest BCUT2D eigenvalue weighted by Gasteiger charge is 2.54. The number of ether oxygens (including phenoxy) is 1. The van der Waals surface area contributed by atoms with Gasteiger partial charge in [-0.05, 0) is 82.3 Å². The predicted molar refractivity (Wildman–Crippen MR) is 207 cm³/mol. The van der Waals surface area contributed by atoms with Gasteiger partial charge in [-0.1, -0.05) is 6.07 Å². The number of alkyl halides is 6. The van der Waals surface area contributed by atoms with Gasteiger partial charge < -0.3 is 15.4 Å². The van der Waals surface area contributed by atoms with E-state index in [0.717, 1.165) is 17.0 Å². The van der Waals surface area contributed by atoms with Crippen LogP contribution in [0.2, 0.25) is 0 Å². The van der Waals surface area contributed by atoms with Crippen molar-refractivity contribution >= 4 is 53.3 Å². The Morgan fingerprint density at radius 3 is 2.37 bits per heavy atom. The zero-order chi connectivity index (χ0) is 42.9. The van der Waals surface area contributed by atoms with Crippen LogP contribution in [0, 0.1) is 11.3 Å². The Balaban J connectivity index is 0.970. The summed E-state index contributed by atoms with van der Waals surface area (Å²) in [5.41, 5.74) is -2.86. The van der Waals surface area contributed by atoms with Crippen molar-refractivity contribution in [2.75, 3.05) is 54.9 Å². The second-order valence-electron chi connectivity index (χ2n) is 15.7. The number of nitriles is 1. The van der Waals surface area contributed by atoms with Gasteiger partial charge in [0.25, 0.3) is 0 Å². The molecule has 2 aromatic carbocycles. The third-order valence-corrected chi connectivity index (χ3v) is 11.9. The number of anilines is 3. The van der Waals surface area contributed by atoms with Crippen molar-refractivity contribution in [3.05, 3.63) is 53.6 Å². The quantitative estimate of drug-likeness (QED) is 0.139. The molecule has 0 aromatic heterocycles. The van der Waals surface area contributed by atoms with E-state index in [1.54, 1.807) is 49.1 Å². The molecule has 59 heavy (non-hydrogen) atoms. The molecule has 0 spiro atoms. The Bertz CT molecular complexity index is 1950. The van der Waals surface area contributed by atoms with E-state index < -0.39 is 70.9 Å². The normalized spacial score (nSPS) is 26.1. The third kappa shape index (κ3) is 10.1. The fraction of sp³-hybridized carbons (Fsp3) is 0.564. The van der Waals surface area contributed by atoms with Crippen LogP contribution in [0.5, 0.6) is 0 Å². The number of piperidine rings is 1. The Kier molecular flexibility index (Phi) is 13.2. The summed E-state index contributed by atoms with van der Waals surface area (Å²) >= 11 is 4.69. The summed E-state index contributed by atoms with van der Waals surface area (Å²) in [5, 5.41) is 17.1. The Hall–Kier alpha value is -4.42. The van der Waals surface area contributed by atoms with Crippen LogP contribution in [0.4, 0.5) is 43.4 Å².